The number of hydrogen-bond acceptors (Lipinski definition) is 3. The fourth-order valence-electron chi connectivity index (χ4n) is 1.82. The number of nitrogens with two attached hydrogens (primary N) is 1. The summed E-state index contributed by atoms with van der Waals surface area (Å²) in [6, 6.07) is 11.0. The second-order valence-corrected chi connectivity index (χ2v) is 4.76. The van der Waals surface area contributed by atoms with Gasteiger partial charge in [-0.15, -0.1) is 0 Å². The molecule has 0 aliphatic carbocycles. The van der Waals surface area contributed by atoms with Crippen molar-refractivity contribution >= 4 is 5.82 Å². The number of aromatic nitrogens is 1. The van der Waals surface area contributed by atoms with Gasteiger partial charge < -0.3 is 10.5 Å². The Bertz CT molecular complexity index is 628. The van der Waals surface area contributed by atoms with Crippen LogP contribution in [0.5, 0.6) is 5.75 Å². The van der Waals surface area contributed by atoms with Gasteiger partial charge in [0, 0.05) is 13.1 Å². The topological polar surface area (TPSA) is 57.2 Å². The van der Waals surface area contributed by atoms with Gasteiger partial charge in [-0.25, -0.2) is 0 Å². The first-order valence-electron chi connectivity index (χ1n) is 6.21. The molecule has 100 valence electrons. The van der Waals surface area contributed by atoms with Crippen molar-refractivity contribution in [3.8, 4) is 16.9 Å². The quantitative estimate of drug-likeness (QED) is 0.919. The van der Waals surface area contributed by atoms with E-state index in [0.717, 1.165) is 16.9 Å². The average molecular weight is 258 g/mol. The fraction of sp³-hybridized carbons (Fsp3) is 0.267. The van der Waals surface area contributed by atoms with Gasteiger partial charge in [-0.05, 0) is 43.2 Å². The van der Waals surface area contributed by atoms with Crippen LogP contribution in [0, 0.1) is 0 Å². The molecule has 0 atom stereocenters. The van der Waals surface area contributed by atoms with Crippen molar-refractivity contribution in [3.63, 3.8) is 0 Å². The van der Waals surface area contributed by atoms with Crippen LogP contribution in [0.25, 0.3) is 11.1 Å². The van der Waals surface area contributed by atoms with Crippen molar-refractivity contribution in [3.05, 3.63) is 46.8 Å². The lowest BCUT2D eigenvalue weighted by molar-refractivity contribution is 0.242. The Morgan fingerprint density at radius 2 is 1.74 bits per heavy atom. The molecular formula is C15H18N2O2. The van der Waals surface area contributed by atoms with Crippen LogP contribution in [0.2, 0.25) is 0 Å². The van der Waals surface area contributed by atoms with E-state index in [1.807, 2.05) is 38.1 Å². The van der Waals surface area contributed by atoms with Crippen molar-refractivity contribution in [2.45, 2.75) is 20.0 Å². The maximum atomic E-state index is 11.7. The first-order valence-corrected chi connectivity index (χ1v) is 6.21. The zero-order valence-corrected chi connectivity index (χ0v) is 11.4. The predicted molar refractivity (Wildman–Crippen MR) is 77.3 cm³/mol. The van der Waals surface area contributed by atoms with Crippen LogP contribution < -0.4 is 16.0 Å². The SMILES string of the molecule is CC(C)Oc1ccc(-c2cc(N)n(C)c(=O)c2)cc1. The minimum atomic E-state index is -0.113. The molecule has 0 radical (unpaired) electrons. The summed E-state index contributed by atoms with van der Waals surface area (Å²) in [5.74, 6) is 1.26. The van der Waals surface area contributed by atoms with E-state index < -0.39 is 0 Å². The highest BCUT2D eigenvalue weighted by Gasteiger charge is 2.04. The summed E-state index contributed by atoms with van der Waals surface area (Å²) in [4.78, 5) is 11.7. The highest BCUT2D eigenvalue weighted by molar-refractivity contribution is 5.66. The molecule has 2 N–H and O–H groups in total. The number of benzene rings is 1. The van der Waals surface area contributed by atoms with E-state index in [1.54, 1.807) is 19.2 Å². The summed E-state index contributed by atoms with van der Waals surface area (Å²) in [5, 5.41) is 0. The Labute approximate surface area is 112 Å². The number of hydrogen-bond donors (Lipinski definition) is 1. The molecule has 0 spiro atoms. The number of nitrogens with zero attached hydrogens (tertiary/aromatic N) is 1. The Morgan fingerprint density at radius 3 is 2.26 bits per heavy atom. The minimum Gasteiger partial charge on any atom is -0.491 e. The molecule has 2 aromatic rings. The summed E-state index contributed by atoms with van der Waals surface area (Å²) in [6.07, 6.45) is 0.144. The van der Waals surface area contributed by atoms with E-state index in [0.29, 0.717) is 5.82 Å². The van der Waals surface area contributed by atoms with Crippen molar-refractivity contribution in [2.24, 2.45) is 7.05 Å². The maximum absolute atomic E-state index is 11.7. The smallest absolute Gasteiger partial charge is 0.252 e. The molecule has 0 aliphatic rings. The first-order chi connectivity index (χ1) is 8.97. The van der Waals surface area contributed by atoms with E-state index in [1.165, 1.54) is 4.57 Å². The molecule has 0 unspecified atom stereocenters. The van der Waals surface area contributed by atoms with Crippen molar-refractivity contribution < 1.29 is 4.74 Å². The minimum absolute atomic E-state index is 0.113. The standard InChI is InChI=1S/C15H18N2O2/c1-10(2)19-13-6-4-11(5-7-13)12-8-14(16)17(3)15(18)9-12/h4-10H,16H2,1-3H3. The molecule has 0 amide bonds. The van der Waals surface area contributed by atoms with Crippen LogP contribution in [-0.2, 0) is 7.05 Å². The largest absolute Gasteiger partial charge is 0.491 e. The first kappa shape index (κ1) is 13.2. The van der Waals surface area contributed by atoms with Crippen LogP contribution in [0.4, 0.5) is 5.82 Å². The van der Waals surface area contributed by atoms with E-state index in [-0.39, 0.29) is 11.7 Å². The normalized spacial score (nSPS) is 10.7. The van der Waals surface area contributed by atoms with Crippen LogP contribution in [-0.4, -0.2) is 10.7 Å². The zero-order chi connectivity index (χ0) is 14.0. The third kappa shape index (κ3) is 2.96. The molecule has 0 saturated heterocycles. The molecule has 4 heteroatoms. The van der Waals surface area contributed by atoms with Crippen molar-refractivity contribution in [1.82, 2.24) is 4.57 Å². The summed E-state index contributed by atoms with van der Waals surface area (Å²) in [5.41, 5.74) is 7.44. The Balaban J connectivity index is 2.35. The fourth-order valence-corrected chi connectivity index (χ4v) is 1.82. The van der Waals surface area contributed by atoms with Gasteiger partial charge >= 0.3 is 0 Å². The molecule has 2 rings (SSSR count). The lowest BCUT2D eigenvalue weighted by atomic mass is 10.1. The van der Waals surface area contributed by atoms with Crippen LogP contribution in [0.1, 0.15) is 13.8 Å². The summed E-state index contributed by atoms with van der Waals surface area (Å²) < 4.78 is 7.00. The summed E-state index contributed by atoms with van der Waals surface area (Å²) >= 11 is 0. The molecule has 0 bridgehead atoms. The molecular weight excluding hydrogens is 240 g/mol. The van der Waals surface area contributed by atoms with Crippen LogP contribution in [0.3, 0.4) is 0 Å². The zero-order valence-electron chi connectivity index (χ0n) is 11.4. The Morgan fingerprint density at radius 1 is 1.11 bits per heavy atom. The molecule has 19 heavy (non-hydrogen) atoms. The maximum Gasteiger partial charge on any atom is 0.252 e. The van der Waals surface area contributed by atoms with E-state index in [9.17, 15) is 4.79 Å². The van der Waals surface area contributed by atoms with Gasteiger partial charge in [0.15, 0.2) is 0 Å². The van der Waals surface area contributed by atoms with Crippen LogP contribution >= 0.6 is 0 Å². The number of anilines is 1. The molecule has 1 aromatic carbocycles. The second-order valence-electron chi connectivity index (χ2n) is 4.76. The van der Waals surface area contributed by atoms with Gasteiger partial charge in [-0.2, -0.15) is 0 Å². The molecule has 0 saturated carbocycles. The number of nitrogen functional groups attached to an aromatic ring is 1. The van der Waals surface area contributed by atoms with Crippen molar-refractivity contribution in [1.29, 1.82) is 0 Å². The molecule has 1 aromatic heterocycles. The van der Waals surface area contributed by atoms with E-state index >= 15 is 0 Å². The highest BCUT2D eigenvalue weighted by Crippen LogP contribution is 2.23. The molecule has 0 aliphatic heterocycles. The number of ether oxygens (including phenoxy) is 1. The van der Waals surface area contributed by atoms with E-state index in [4.69, 9.17) is 10.5 Å². The lowest BCUT2D eigenvalue weighted by Crippen LogP contribution is -2.18. The highest BCUT2D eigenvalue weighted by atomic mass is 16.5. The Kier molecular flexibility index (Phi) is 3.60. The number of rotatable bonds is 3. The van der Waals surface area contributed by atoms with Gasteiger partial charge in [0.1, 0.15) is 11.6 Å². The van der Waals surface area contributed by atoms with Crippen molar-refractivity contribution in [2.75, 3.05) is 5.73 Å². The molecule has 1 heterocycles. The molecule has 4 nitrogen and oxygen atoms in total. The van der Waals surface area contributed by atoms with Crippen LogP contribution in [0.15, 0.2) is 41.2 Å². The Hall–Kier alpha value is -2.23. The summed E-state index contributed by atoms with van der Waals surface area (Å²) in [6.45, 7) is 3.96. The van der Waals surface area contributed by atoms with Gasteiger partial charge in [0.25, 0.3) is 5.56 Å². The molecule has 0 fully saturated rings. The monoisotopic (exact) mass is 258 g/mol. The van der Waals surface area contributed by atoms with Gasteiger partial charge in [0.2, 0.25) is 0 Å². The van der Waals surface area contributed by atoms with Gasteiger partial charge in [-0.3, -0.25) is 9.36 Å². The third-order valence-corrected chi connectivity index (χ3v) is 2.86. The van der Waals surface area contributed by atoms with E-state index in [2.05, 4.69) is 0 Å². The predicted octanol–water partition coefficient (Wildman–Crippen LogP) is 2.42. The third-order valence-electron chi connectivity index (χ3n) is 2.86. The number of pyridine rings is 1. The average Bonchev–Trinajstić information content (AvgIpc) is 2.35. The van der Waals surface area contributed by atoms with Gasteiger partial charge in [-0.1, -0.05) is 12.1 Å². The van der Waals surface area contributed by atoms with Gasteiger partial charge in [0.05, 0.1) is 6.10 Å². The lowest BCUT2D eigenvalue weighted by Gasteiger charge is -2.11. The summed E-state index contributed by atoms with van der Waals surface area (Å²) in [7, 11) is 1.65. The second kappa shape index (κ2) is 5.18.